The highest BCUT2D eigenvalue weighted by Crippen LogP contribution is 2.15. The number of rotatable bonds is 1. The monoisotopic (exact) mass is 212 g/mol. The number of halogens is 1. The second-order valence-electron chi connectivity index (χ2n) is 2.91. The molecule has 0 saturated heterocycles. The molecule has 0 amide bonds. The lowest BCUT2D eigenvalue weighted by Crippen LogP contribution is -2.05. The molecule has 0 atom stereocenters. The van der Waals surface area contributed by atoms with E-state index in [-0.39, 0.29) is 5.82 Å². The van der Waals surface area contributed by atoms with Gasteiger partial charge >= 0.3 is 5.97 Å². The Morgan fingerprint density at radius 3 is 2.20 bits per heavy atom. The summed E-state index contributed by atoms with van der Waals surface area (Å²) in [7, 11) is 1.31. The van der Waals surface area contributed by atoms with E-state index in [0.717, 1.165) is 0 Å². The van der Waals surface area contributed by atoms with Gasteiger partial charge in [0.15, 0.2) is 0 Å². The van der Waals surface area contributed by atoms with Crippen LogP contribution in [0.3, 0.4) is 0 Å². The standard InChI is InChI=1S/C10H11FO2.C2H6/c1-6-5-9(11)7(2)4-8(6)10(12)13-3;1-2/h4-5H,1-3H3;1-2H3. The summed E-state index contributed by atoms with van der Waals surface area (Å²) in [5, 5.41) is 0. The van der Waals surface area contributed by atoms with E-state index in [0.29, 0.717) is 16.7 Å². The van der Waals surface area contributed by atoms with E-state index in [9.17, 15) is 9.18 Å². The Bertz CT molecular complexity index is 346. The van der Waals surface area contributed by atoms with Crippen molar-refractivity contribution >= 4 is 5.97 Å². The SMILES string of the molecule is CC.COC(=O)c1cc(C)c(F)cc1C. The average molecular weight is 212 g/mol. The number of hydrogen-bond acceptors (Lipinski definition) is 2. The lowest BCUT2D eigenvalue weighted by atomic mass is 10.1. The number of hydrogen-bond donors (Lipinski definition) is 0. The van der Waals surface area contributed by atoms with E-state index < -0.39 is 5.97 Å². The second kappa shape index (κ2) is 6.17. The van der Waals surface area contributed by atoms with Crippen LogP contribution in [0.5, 0.6) is 0 Å². The number of esters is 1. The van der Waals surface area contributed by atoms with Gasteiger partial charge in [-0.2, -0.15) is 0 Å². The van der Waals surface area contributed by atoms with Crippen molar-refractivity contribution < 1.29 is 13.9 Å². The van der Waals surface area contributed by atoms with Crippen LogP contribution in [0, 0.1) is 19.7 Å². The molecule has 0 aliphatic rings. The first-order chi connectivity index (χ1) is 7.06. The van der Waals surface area contributed by atoms with Gasteiger partial charge in [0, 0.05) is 0 Å². The van der Waals surface area contributed by atoms with Gasteiger partial charge in [0.1, 0.15) is 5.82 Å². The summed E-state index contributed by atoms with van der Waals surface area (Å²) in [4.78, 5) is 11.2. The molecule has 0 heterocycles. The lowest BCUT2D eigenvalue weighted by Gasteiger charge is -2.05. The van der Waals surface area contributed by atoms with Crippen LogP contribution in [0.4, 0.5) is 4.39 Å². The molecule has 0 aliphatic heterocycles. The molecule has 0 spiro atoms. The van der Waals surface area contributed by atoms with Gasteiger partial charge in [-0.15, -0.1) is 0 Å². The van der Waals surface area contributed by atoms with E-state index in [1.165, 1.54) is 19.2 Å². The van der Waals surface area contributed by atoms with Crippen LogP contribution < -0.4 is 0 Å². The van der Waals surface area contributed by atoms with E-state index in [1.54, 1.807) is 13.8 Å². The van der Waals surface area contributed by atoms with Gasteiger partial charge in [-0.25, -0.2) is 9.18 Å². The third-order valence-corrected chi connectivity index (χ3v) is 1.91. The maximum atomic E-state index is 13.0. The predicted octanol–water partition coefficient (Wildman–Crippen LogP) is 3.26. The Balaban J connectivity index is 0.000000921. The molecule has 84 valence electrons. The van der Waals surface area contributed by atoms with Crippen LogP contribution in [0.25, 0.3) is 0 Å². The molecule has 1 aromatic rings. The highest BCUT2D eigenvalue weighted by atomic mass is 19.1. The fourth-order valence-electron chi connectivity index (χ4n) is 1.11. The molecule has 0 N–H and O–H groups in total. The quantitative estimate of drug-likeness (QED) is 0.668. The molecule has 2 nitrogen and oxygen atoms in total. The number of benzene rings is 1. The van der Waals surface area contributed by atoms with Crippen molar-refractivity contribution in [3.63, 3.8) is 0 Å². The Labute approximate surface area is 90.1 Å². The summed E-state index contributed by atoms with van der Waals surface area (Å²) < 4.78 is 17.5. The first-order valence-electron chi connectivity index (χ1n) is 4.91. The summed E-state index contributed by atoms with van der Waals surface area (Å²) in [6.07, 6.45) is 0. The van der Waals surface area contributed by atoms with Crippen LogP contribution in [-0.2, 0) is 4.74 Å². The molecule has 15 heavy (non-hydrogen) atoms. The summed E-state index contributed by atoms with van der Waals surface area (Å²) in [5.41, 5.74) is 1.46. The van der Waals surface area contributed by atoms with Gasteiger partial charge in [-0.3, -0.25) is 0 Å². The first kappa shape index (κ1) is 13.6. The number of carbonyl (C=O) groups excluding carboxylic acids is 1. The van der Waals surface area contributed by atoms with Gasteiger partial charge in [-0.05, 0) is 37.1 Å². The zero-order chi connectivity index (χ0) is 12.0. The normalized spacial score (nSPS) is 8.93. The molecular formula is C12H17FO2. The summed E-state index contributed by atoms with van der Waals surface area (Å²) in [5.74, 6) is -0.731. The molecule has 3 heteroatoms. The number of carbonyl (C=O) groups is 1. The molecule has 0 aromatic heterocycles. The minimum Gasteiger partial charge on any atom is -0.465 e. The van der Waals surface area contributed by atoms with Crippen molar-refractivity contribution in [3.8, 4) is 0 Å². The average Bonchev–Trinajstić information content (AvgIpc) is 2.25. The van der Waals surface area contributed by atoms with Gasteiger partial charge in [0.05, 0.1) is 12.7 Å². The van der Waals surface area contributed by atoms with Crippen molar-refractivity contribution in [2.45, 2.75) is 27.7 Å². The largest absolute Gasteiger partial charge is 0.465 e. The minimum atomic E-state index is -0.430. The predicted molar refractivity (Wildman–Crippen MR) is 58.6 cm³/mol. The molecule has 1 rings (SSSR count). The Kier molecular flexibility index (Phi) is 5.60. The molecule has 0 saturated carbocycles. The van der Waals surface area contributed by atoms with Crippen LogP contribution in [0.2, 0.25) is 0 Å². The van der Waals surface area contributed by atoms with E-state index >= 15 is 0 Å². The van der Waals surface area contributed by atoms with E-state index in [2.05, 4.69) is 4.74 Å². The molecule has 0 radical (unpaired) electrons. The van der Waals surface area contributed by atoms with Gasteiger partial charge < -0.3 is 4.74 Å². The van der Waals surface area contributed by atoms with Crippen LogP contribution in [0.15, 0.2) is 12.1 Å². The summed E-state index contributed by atoms with van der Waals surface area (Å²) in [6.45, 7) is 7.29. The minimum absolute atomic E-state index is 0.301. The fraction of sp³-hybridized carbons (Fsp3) is 0.417. The molecule has 1 aromatic carbocycles. The molecule has 0 unspecified atom stereocenters. The smallest absolute Gasteiger partial charge is 0.338 e. The summed E-state index contributed by atoms with van der Waals surface area (Å²) in [6, 6.07) is 2.83. The molecular weight excluding hydrogens is 195 g/mol. The van der Waals surface area contributed by atoms with Crippen molar-refractivity contribution in [1.82, 2.24) is 0 Å². The highest BCUT2D eigenvalue weighted by Gasteiger charge is 2.11. The zero-order valence-corrected chi connectivity index (χ0v) is 9.85. The number of ether oxygens (including phenoxy) is 1. The van der Waals surface area contributed by atoms with E-state index in [1.807, 2.05) is 13.8 Å². The maximum Gasteiger partial charge on any atom is 0.338 e. The number of aryl methyl sites for hydroxylation is 2. The van der Waals surface area contributed by atoms with Crippen LogP contribution in [-0.4, -0.2) is 13.1 Å². The van der Waals surface area contributed by atoms with Crippen molar-refractivity contribution in [2.75, 3.05) is 7.11 Å². The van der Waals surface area contributed by atoms with Gasteiger partial charge in [0.2, 0.25) is 0 Å². The molecule has 0 fully saturated rings. The third kappa shape index (κ3) is 3.35. The second-order valence-corrected chi connectivity index (χ2v) is 2.91. The Hall–Kier alpha value is -1.38. The molecule has 0 bridgehead atoms. The van der Waals surface area contributed by atoms with Gasteiger partial charge in [0.25, 0.3) is 0 Å². The zero-order valence-electron chi connectivity index (χ0n) is 9.85. The summed E-state index contributed by atoms with van der Waals surface area (Å²) >= 11 is 0. The topological polar surface area (TPSA) is 26.3 Å². The maximum absolute atomic E-state index is 13.0. The van der Waals surface area contributed by atoms with Crippen molar-refractivity contribution in [3.05, 3.63) is 34.6 Å². The Morgan fingerprint density at radius 2 is 1.73 bits per heavy atom. The lowest BCUT2D eigenvalue weighted by molar-refractivity contribution is 0.0599. The third-order valence-electron chi connectivity index (χ3n) is 1.91. The van der Waals surface area contributed by atoms with Crippen LogP contribution >= 0.6 is 0 Å². The molecule has 0 aliphatic carbocycles. The first-order valence-corrected chi connectivity index (χ1v) is 4.91. The van der Waals surface area contributed by atoms with Crippen LogP contribution in [0.1, 0.15) is 35.3 Å². The van der Waals surface area contributed by atoms with Crippen molar-refractivity contribution in [2.24, 2.45) is 0 Å². The van der Waals surface area contributed by atoms with Crippen molar-refractivity contribution in [1.29, 1.82) is 0 Å². The number of methoxy groups -OCH3 is 1. The Morgan fingerprint density at radius 1 is 1.20 bits per heavy atom. The van der Waals surface area contributed by atoms with E-state index in [4.69, 9.17) is 0 Å². The highest BCUT2D eigenvalue weighted by molar-refractivity contribution is 5.91. The van der Waals surface area contributed by atoms with Gasteiger partial charge in [-0.1, -0.05) is 13.8 Å². The fourth-order valence-corrected chi connectivity index (χ4v) is 1.11.